The average molecular weight is 305 g/mol. The fraction of sp³-hybridized carbons (Fsp3) is 0.500. The van der Waals surface area contributed by atoms with Gasteiger partial charge in [0.1, 0.15) is 5.65 Å². The molecule has 0 spiro atoms. The predicted octanol–water partition coefficient (Wildman–Crippen LogP) is 1.26. The first-order chi connectivity index (χ1) is 10.6. The zero-order chi connectivity index (χ0) is 15.9. The quantitative estimate of drug-likeness (QED) is 0.685. The highest BCUT2D eigenvalue weighted by atomic mass is 16.5. The van der Waals surface area contributed by atoms with Crippen LogP contribution in [0.4, 0.5) is 0 Å². The maximum Gasteiger partial charge on any atom is 0.224 e. The number of carbonyl (C=O) groups excluding carboxylic acids is 1. The molecule has 0 fully saturated rings. The molecule has 0 saturated carbocycles. The number of amides is 1. The van der Waals surface area contributed by atoms with Crippen molar-refractivity contribution < 1.29 is 14.6 Å². The molecule has 0 aliphatic rings. The van der Waals surface area contributed by atoms with Gasteiger partial charge in [-0.15, -0.1) is 0 Å². The smallest absolute Gasteiger partial charge is 0.224 e. The maximum atomic E-state index is 11.9. The molecule has 2 aromatic heterocycles. The number of hydrogen-bond donors (Lipinski definition) is 3. The summed E-state index contributed by atoms with van der Waals surface area (Å²) < 4.78 is 5.34. The Balaban J connectivity index is 1.76. The molecule has 0 radical (unpaired) electrons. The molecule has 0 aromatic carbocycles. The molecular formula is C16H23N3O3. The number of aromatic nitrogens is 2. The Morgan fingerprint density at radius 2 is 2.27 bits per heavy atom. The zero-order valence-electron chi connectivity index (χ0n) is 13.0. The van der Waals surface area contributed by atoms with Crippen molar-refractivity contribution in [2.45, 2.75) is 26.4 Å². The van der Waals surface area contributed by atoms with Crippen LogP contribution in [0.15, 0.2) is 24.5 Å². The van der Waals surface area contributed by atoms with E-state index in [1.54, 1.807) is 12.4 Å². The van der Waals surface area contributed by atoms with Crippen molar-refractivity contribution in [3.63, 3.8) is 0 Å². The van der Waals surface area contributed by atoms with E-state index in [9.17, 15) is 9.90 Å². The Kier molecular flexibility index (Phi) is 5.91. The van der Waals surface area contributed by atoms with Gasteiger partial charge in [-0.25, -0.2) is 4.98 Å². The number of hydrogen-bond acceptors (Lipinski definition) is 4. The Bertz CT molecular complexity index is 609. The molecule has 2 heterocycles. The van der Waals surface area contributed by atoms with Crippen LogP contribution in [0.5, 0.6) is 0 Å². The van der Waals surface area contributed by atoms with Gasteiger partial charge in [-0.05, 0) is 23.6 Å². The van der Waals surface area contributed by atoms with Crippen LogP contribution < -0.4 is 5.32 Å². The van der Waals surface area contributed by atoms with E-state index in [1.165, 1.54) is 0 Å². The van der Waals surface area contributed by atoms with E-state index in [1.807, 2.05) is 26.0 Å². The van der Waals surface area contributed by atoms with E-state index in [0.29, 0.717) is 12.5 Å². The molecule has 3 N–H and O–H groups in total. The number of nitrogens with zero attached hydrogens (tertiary/aromatic N) is 1. The Labute approximate surface area is 129 Å². The number of rotatable bonds is 8. The number of nitrogens with one attached hydrogen (secondary N) is 2. The number of H-pyrrole nitrogens is 1. The summed E-state index contributed by atoms with van der Waals surface area (Å²) in [5.41, 5.74) is 1.67. The molecule has 1 unspecified atom stereocenters. The van der Waals surface area contributed by atoms with Crippen LogP contribution in [-0.4, -0.2) is 46.8 Å². The highest BCUT2D eigenvalue weighted by Crippen LogP contribution is 2.15. The number of ether oxygens (including phenoxy) is 1. The highest BCUT2D eigenvalue weighted by Gasteiger charge is 2.11. The van der Waals surface area contributed by atoms with Gasteiger partial charge in [-0.1, -0.05) is 13.8 Å². The van der Waals surface area contributed by atoms with E-state index in [0.717, 1.165) is 16.6 Å². The van der Waals surface area contributed by atoms with E-state index in [-0.39, 0.29) is 25.5 Å². The monoisotopic (exact) mass is 305 g/mol. The second-order valence-electron chi connectivity index (χ2n) is 5.78. The zero-order valence-corrected chi connectivity index (χ0v) is 13.0. The Morgan fingerprint density at radius 3 is 3.05 bits per heavy atom. The minimum Gasteiger partial charge on any atom is -0.389 e. The number of pyridine rings is 1. The lowest BCUT2D eigenvalue weighted by atomic mass is 10.1. The molecule has 0 aliphatic heterocycles. The molecule has 0 aliphatic carbocycles. The summed E-state index contributed by atoms with van der Waals surface area (Å²) in [7, 11) is 0. The van der Waals surface area contributed by atoms with Crippen molar-refractivity contribution in [3.05, 3.63) is 30.1 Å². The molecule has 22 heavy (non-hydrogen) atoms. The van der Waals surface area contributed by atoms with Gasteiger partial charge < -0.3 is 20.1 Å². The molecule has 6 nitrogen and oxygen atoms in total. The van der Waals surface area contributed by atoms with Gasteiger partial charge in [0.05, 0.1) is 19.1 Å². The van der Waals surface area contributed by atoms with Gasteiger partial charge in [-0.2, -0.15) is 0 Å². The van der Waals surface area contributed by atoms with Crippen LogP contribution >= 0.6 is 0 Å². The minimum absolute atomic E-state index is 0.132. The molecule has 0 bridgehead atoms. The largest absolute Gasteiger partial charge is 0.389 e. The van der Waals surface area contributed by atoms with Crippen molar-refractivity contribution in [2.24, 2.45) is 5.92 Å². The van der Waals surface area contributed by atoms with E-state index in [2.05, 4.69) is 15.3 Å². The van der Waals surface area contributed by atoms with Gasteiger partial charge in [-0.3, -0.25) is 4.79 Å². The Morgan fingerprint density at radius 1 is 1.45 bits per heavy atom. The van der Waals surface area contributed by atoms with Crippen molar-refractivity contribution in [1.82, 2.24) is 15.3 Å². The molecule has 0 saturated heterocycles. The van der Waals surface area contributed by atoms with Crippen molar-refractivity contribution >= 4 is 16.9 Å². The first kappa shape index (κ1) is 16.5. The number of aliphatic hydroxyl groups is 1. The van der Waals surface area contributed by atoms with Crippen LogP contribution in [0.25, 0.3) is 11.0 Å². The standard InChI is InChI=1S/C16H23N3O3/c1-11(2)9-22-10-13(20)8-18-15(21)6-12-7-19-16-14(12)4-3-5-17-16/h3-5,7,11,13,20H,6,8-10H2,1-2H3,(H,17,19)(H,18,21). The van der Waals surface area contributed by atoms with Crippen molar-refractivity contribution in [3.8, 4) is 0 Å². The minimum atomic E-state index is -0.688. The third kappa shape index (κ3) is 4.82. The van der Waals surface area contributed by atoms with Crippen LogP contribution in [-0.2, 0) is 16.0 Å². The van der Waals surface area contributed by atoms with Crippen LogP contribution in [0.2, 0.25) is 0 Å². The summed E-state index contributed by atoms with van der Waals surface area (Å²) in [6.45, 7) is 5.12. The fourth-order valence-corrected chi connectivity index (χ4v) is 2.12. The summed E-state index contributed by atoms with van der Waals surface area (Å²) >= 11 is 0. The first-order valence-corrected chi connectivity index (χ1v) is 7.49. The van der Waals surface area contributed by atoms with Crippen molar-refractivity contribution in [1.29, 1.82) is 0 Å². The summed E-state index contributed by atoms with van der Waals surface area (Å²) in [5.74, 6) is 0.296. The van der Waals surface area contributed by atoms with E-state index >= 15 is 0 Å². The molecule has 2 aromatic rings. The SMILES string of the molecule is CC(C)COCC(O)CNC(=O)Cc1c[nH]c2ncccc12. The van der Waals surface area contributed by atoms with Crippen LogP contribution in [0.3, 0.4) is 0 Å². The van der Waals surface area contributed by atoms with Gasteiger partial charge in [0.2, 0.25) is 5.91 Å². The molecule has 6 heteroatoms. The van der Waals surface area contributed by atoms with Gasteiger partial charge in [0.15, 0.2) is 0 Å². The second kappa shape index (κ2) is 7.91. The summed E-state index contributed by atoms with van der Waals surface area (Å²) in [4.78, 5) is 19.2. The number of carbonyl (C=O) groups is 1. The second-order valence-corrected chi connectivity index (χ2v) is 5.78. The normalized spacial score (nSPS) is 12.7. The number of aliphatic hydroxyl groups excluding tert-OH is 1. The van der Waals surface area contributed by atoms with Crippen LogP contribution in [0.1, 0.15) is 19.4 Å². The number of fused-ring (bicyclic) bond motifs is 1. The van der Waals surface area contributed by atoms with E-state index in [4.69, 9.17) is 4.74 Å². The third-order valence-electron chi connectivity index (χ3n) is 3.18. The first-order valence-electron chi connectivity index (χ1n) is 7.49. The maximum absolute atomic E-state index is 11.9. The lowest BCUT2D eigenvalue weighted by molar-refractivity contribution is -0.121. The lowest BCUT2D eigenvalue weighted by Crippen LogP contribution is -2.35. The van der Waals surface area contributed by atoms with Gasteiger partial charge in [0, 0.05) is 30.9 Å². The van der Waals surface area contributed by atoms with E-state index < -0.39 is 6.10 Å². The number of aromatic amines is 1. The average Bonchev–Trinajstić information content (AvgIpc) is 2.88. The predicted molar refractivity (Wildman–Crippen MR) is 84.5 cm³/mol. The summed E-state index contributed by atoms with van der Waals surface area (Å²) in [6, 6.07) is 3.77. The topological polar surface area (TPSA) is 87.2 Å². The lowest BCUT2D eigenvalue weighted by Gasteiger charge is -2.13. The third-order valence-corrected chi connectivity index (χ3v) is 3.18. The fourth-order valence-electron chi connectivity index (χ4n) is 2.12. The molecular weight excluding hydrogens is 282 g/mol. The van der Waals surface area contributed by atoms with Crippen LogP contribution in [0, 0.1) is 5.92 Å². The molecule has 1 atom stereocenters. The summed E-state index contributed by atoms with van der Waals surface area (Å²) in [6.07, 6.45) is 3.06. The van der Waals surface area contributed by atoms with Gasteiger partial charge >= 0.3 is 0 Å². The summed E-state index contributed by atoms with van der Waals surface area (Å²) in [5, 5.41) is 13.4. The highest BCUT2D eigenvalue weighted by molar-refractivity contribution is 5.87. The molecule has 120 valence electrons. The molecule has 1 amide bonds. The molecule has 2 rings (SSSR count). The van der Waals surface area contributed by atoms with Gasteiger partial charge in [0.25, 0.3) is 0 Å². The van der Waals surface area contributed by atoms with Crippen molar-refractivity contribution in [2.75, 3.05) is 19.8 Å². The Hall–Kier alpha value is -1.92.